The second-order valence-corrected chi connectivity index (χ2v) is 10.3. The highest BCUT2D eigenvalue weighted by Gasteiger charge is 2.19. The van der Waals surface area contributed by atoms with E-state index in [4.69, 9.17) is 8.39 Å². The van der Waals surface area contributed by atoms with Crippen LogP contribution in [0.1, 0.15) is 0 Å². The molecule has 3 heteroatoms. The van der Waals surface area contributed by atoms with Gasteiger partial charge in [0.05, 0.1) is 0 Å². The van der Waals surface area contributed by atoms with Crippen LogP contribution >= 0.6 is 8.01 Å². The van der Waals surface area contributed by atoms with Crippen LogP contribution in [0.15, 0.2) is 130 Å². The van der Waals surface area contributed by atoms with Gasteiger partial charge in [0.1, 0.15) is 11.2 Å². The summed E-state index contributed by atoms with van der Waals surface area (Å²) >= 11 is 0. The Bertz CT molecular complexity index is 1800. The molecule has 0 saturated carbocycles. The Labute approximate surface area is 210 Å². The Kier molecular flexibility index (Phi) is 4.94. The fourth-order valence-corrected chi connectivity index (χ4v) is 6.21. The summed E-state index contributed by atoms with van der Waals surface area (Å²) in [5.41, 5.74) is 6.23. The highest BCUT2D eigenvalue weighted by atomic mass is 31.1. The predicted molar refractivity (Wildman–Crippen MR) is 153 cm³/mol. The molecule has 2 nitrogen and oxygen atoms in total. The molecule has 7 rings (SSSR count). The lowest BCUT2D eigenvalue weighted by molar-refractivity contribution is 0.645. The normalized spacial score (nSPS) is 11.5. The van der Waals surface area contributed by atoms with Crippen molar-refractivity contribution in [3.8, 4) is 22.3 Å². The SMILES string of the molecule is Cp1oc2c(-c3ccccc3)cc3ccccc3c2c2c(o1)c(-c1ccccc1)cc1ccccc12. The van der Waals surface area contributed by atoms with Gasteiger partial charge in [-0.25, -0.2) is 0 Å². The van der Waals surface area contributed by atoms with E-state index in [2.05, 4.69) is 121 Å². The Morgan fingerprint density at radius 1 is 0.472 bits per heavy atom. The highest BCUT2D eigenvalue weighted by molar-refractivity contribution is 7.35. The Morgan fingerprint density at radius 3 is 1.31 bits per heavy atom. The summed E-state index contributed by atoms with van der Waals surface area (Å²) in [6.45, 7) is 2.04. The van der Waals surface area contributed by atoms with E-state index in [1.807, 2.05) is 6.66 Å². The molecule has 0 saturated heterocycles. The summed E-state index contributed by atoms with van der Waals surface area (Å²) in [6, 6.07) is 42.7. The average Bonchev–Trinajstić information content (AvgIpc) is 3.09. The molecule has 0 unspecified atom stereocenters. The van der Waals surface area contributed by atoms with Crippen molar-refractivity contribution in [2.45, 2.75) is 0 Å². The zero-order valence-corrected chi connectivity index (χ0v) is 20.7. The van der Waals surface area contributed by atoms with Crippen LogP contribution in [0.2, 0.25) is 0 Å². The first-order valence-electron chi connectivity index (χ1n) is 12.1. The summed E-state index contributed by atoms with van der Waals surface area (Å²) in [5, 5.41) is 6.89. The first-order valence-corrected chi connectivity index (χ1v) is 13.7. The third-order valence-corrected chi connectivity index (χ3v) is 7.74. The second kappa shape index (κ2) is 8.45. The third kappa shape index (κ3) is 3.34. The van der Waals surface area contributed by atoms with Crippen LogP contribution < -0.4 is 0 Å². The highest BCUT2D eigenvalue weighted by Crippen LogP contribution is 2.46. The maximum Gasteiger partial charge on any atom is 0.213 e. The van der Waals surface area contributed by atoms with Crippen LogP contribution in [0.5, 0.6) is 0 Å². The van der Waals surface area contributed by atoms with Gasteiger partial charge in [0, 0.05) is 28.6 Å². The molecule has 0 spiro atoms. The number of rotatable bonds is 2. The number of fused-ring (bicyclic) bond motifs is 7. The van der Waals surface area contributed by atoms with Gasteiger partial charge in [-0.05, 0) is 44.8 Å². The van der Waals surface area contributed by atoms with Crippen molar-refractivity contribution in [2.24, 2.45) is 6.66 Å². The molecular formula is C33H23O2P. The molecule has 1 heterocycles. The van der Waals surface area contributed by atoms with Crippen molar-refractivity contribution in [3.05, 3.63) is 121 Å². The van der Waals surface area contributed by atoms with Crippen LogP contribution in [0, 0.1) is 0 Å². The minimum absolute atomic E-state index is 0.891. The molecule has 7 aromatic rings. The molecule has 0 amide bonds. The molecule has 0 aliphatic carbocycles. The van der Waals surface area contributed by atoms with Gasteiger partial charge in [0.25, 0.3) is 0 Å². The van der Waals surface area contributed by atoms with E-state index in [-0.39, 0.29) is 0 Å². The van der Waals surface area contributed by atoms with E-state index in [0.717, 1.165) is 55.0 Å². The molecule has 0 atom stereocenters. The molecule has 172 valence electrons. The van der Waals surface area contributed by atoms with Crippen molar-refractivity contribution < 1.29 is 8.39 Å². The lowest BCUT2D eigenvalue weighted by atomic mass is 9.91. The molecule has 0 radical (unpaired) electrons. The Balaban J connectivity index is 1.83. The summed E-state index contributed by atoms with van der Waals surface area (Å²) in [4.78, 5) is 0. The molecule has 0 aliphatic heterocycles. The third-order valence-electron chi connectivity index (χ3n) is 6.86. The van der Waals surface area contributed by atoms with E-state index in [9.17, 15) is 0 Å². The maximum atomic E-state index is 6.72. The van der Waals surface area contributed by atoms with E-state index in [0.29, 0.717) is 0 Å². The molecule has 0 bridgehead atoms. The first kappa shape index (κ1) is 21.1. The van der Waals surface area contributed by atoms with E-state index in [1.165, 1.54) is 10.8 Å². The van der Waals surface area contributed by atoms with Gasteiger partial charge in [-0.3, -0.25) is 0 Å². The second-order valence-electron chi connectivity index (χ2n) is 9.05. The zero-order valence-electron chi connectivity index (χ0n) is 19.8. The van der Waals surface area contributed by atoms with Gasteiger partial charge in [-0.15, -0.1) is 0 Å². The molecular weight excluding hydrogens is 459 g/mol. The van der Waals surface area contributed by atoms with E-state index in [1.54, 1.807) is 0 Å². The van der Waals surface area contributed by atoms with E-state index >= 15 is 0 Å². The Hall–Kier alpha value is -4.26. The molecule has 36 heavy (non-hydrogen) atoms. The average molecular weight is 483 g/mol. The van der Waals surface area contributed by atoms with Gasteiger partial charge in [0.15, 0.2) is 0 Å². The van der Waals surface area contributed by atoms with Crippen LogP contribution in [0.4, 0.5) is 0 Å². The monoisotopic (exact) mass is 482 g/mol. The zero-order chi connectivity index (χ0) is 24.1. The molecule has 0 aliphatic rings. The van der Waals surface area contributed by atoms with Crippen LogP contribution in [0.25, 0.3) is 65.7 Å². The van der Waals surface area contributed by atoms with Crippen molar-refractivity contribution in [2.75, 3.05) is 0 Å². The molecule has 0 fully saturated rings. The molecule has 1 aromatic heterocycles. The minimum atomic E-state index is -1.22. The first-order chi connectivity index (χ1) is 17.8. The lowest BCUT2D eigenvalue weighted by Gasteiger charge is -2.12. The lowest BCUT2D eigenvalue weighted by Crippen LogP contribution is -1.87. The number of benzene rings is 6. The number of aryl methyl sites for hydroxylation is 1. The summed E-state index contributed by atoms with van der Waals surface area (Å²) in [6.07, 6.45) is 0. The van der Waals surface area contributed by atoms with Gasteiger partial charge < -0.3 is 8.39 Å². The smallest absolute Gasteiger partial charge is 0.213 e. The van der Waals surface area contributed by atoms with Crippen LogP contribution in [-0.2, 0) is 6.66 Å². The van der Waals surface area contributed by atoms with Crippen molar-refractivity contribution >= 4 is 51.5 Å². The van der Waals surface area contributed by atoms with Gasteiger partial charge in [-0.2, -0.15) is 0 Å². The predicted octanol–water partition coefficient (Wildman–Crippen LogP) is 10.5. The summed E-state index contributed by atoms with van der Waals surface area (Å²) < 4.78 is 13.4. The van der Waals surface area contributed by atoms with Crippen molar-refractivity contribution in [3.63, 3.8) is 0 Å². The van der Waals surface area contributed by atoms with Gasteiger partial charge >= 0.3 is 0 Å². The molecule has 0 N–H and O–H groups in total. The summed E-state index contributed by atoms with van der Waals surface area (Å²) in [7, 11) is -1.22. The standard InChI is InChI=1S/C33H23O2P/c1-36-34-32-28(22-12-4-2-5-13-22)20-24-16-8-10-18-26(24)30(32)31-27-19-11-9-17-25(27)21-29(33(31)35-36)23-14-6-3-7-15-23/h2-21H,1H3. The fourth-order valence-electron chi connectivity index (χ4n) is 5.28. The van der Waals surface area contributed by atoms with Crippen LogP contribution in [0.3, 0.4) is 0 Å². The molecule has 6 aromatic carbocycles. The summed E-state index contributed by atoms with van der Waals surface area (Å²) in [5.74, 6) is 0. The minimum Gasteiger partial charge on any atom is -0.419 e. The van der Waals surface area contributed by atoms with E-state index < -0.39 is 8.01 Å². The maximum absolute atomic E-state index is 6.72. The number of hydrogen-bond donors (Lipinski definition) is 0. The van der Waals surface area contributed by atoms with Crippen molar-refractivity contribution in [1.29, 1.82) is 0 Å². The topological polar surface area (TPSA) is 26.3 Å². The van der Waals surface area contributed by atoms with Crippen LogP contribution in [-0.4, -0.2) is 0 Å². The number of hydrogen-bond acceptors (Lipinski definition) is 2. The fraction of sp³-hybridized carbons (Fsp3) is 0.0303. The largest absolute Gasteiger partial charge is 0.419 e. The Morgan fingerprint density at radius 2 is 0.861 bits per heavy atom. The van der Waals surface area contributed by atoms with Gasteiger partial charge in [-0.1, -0.05) is 109 Å². The van der Waals surface area contributed by atoms with Gasteiger partial charge in [0.2, 0.25) is 8.01 Å². The van der Waals surface area contributed by atoms with Crippen molar-refractivity contribution in [1.82, 2.24) is 0 Å². The quantitative estimate of drug-likeness (QED) is 0.245.